The highest BCUT2D eigenvalue weighted by Crippen LogP contribution is 2.19. The molecule has 19 heavy (non-hydrogen) atoms. The van der Waals surface area contributed by atoms with Gasteiger partial charge in [-0.15, -0.1) is 6.58 Å². The summed E-state index contributed by atoms with van der Waals surface area (Å²) in [5.74, 6) is -0.966. The predicted octanol–water partition coefficient (Wildman–Crippen LogP) is 1.89. The average molecular weight is 259 g/mol. The second kappa shape index (κ2) is 5.86. The molecule has 0 radical (unpaired) electrons. The summed E-state index contributed by atoms with van der Waals surface area (Å²) < 4.78 is 10.2. The van der Waals surface area contributed by atoms with Crippen molar-refractivity contribution in [3.05, 3.63) is 48.7 Å². The van der Waals surface area contributed by atoms with Crippen LogP contribution < -0.4 is 5.32 Å². The van der Waals surface area contributed by atoms with Crippen molar-refractivity contribution in [1.29, 1.82) is 0 Å². The van der Waals surface area contributed by atoms with Crippen molar-refractivity contribution < 1.29 is 18.7 Å². The van der Waals surface area contributed by atoms with Gasteiger partial charge in [0, 0.05) is 11.9 Å². The van der Waals surface area contributed by atoms with Crippen LogP contribution in [0.25, 0.3) is 11.0 Å². The van der Waals surface area contributed by atoms with Crippen molar-refractivity contribution >= 4 is 22.8 Å². The van der Waals surface area contributed by atoms with E-state index in [0.717, 1.165) is 5.39 Å². The third-order valence-electron chi connectivity index (χ3n) is 2.40. The van der Waals surface area contributed by atoms with Gasteiger partial charge in [0.25, 0.3) is 5.91 Å². The molecule has 98 valence electrons. The molecule has 1 aromatic heterocycles. The van der Waals surface area contributed by atoms with Gasteiger partial charge in [0.1, 0.15) is 5.58 Å². The number of esters is 1. The van der Waals surface area contributed by atoms with Crippen molar-refractivity contribution in [3.63, 3.8) is 0 Å². The third-order valence-corrected chi connectivity index (χ3v) is 2.40. The fraction of sp³-hybridized carbons (Fsp3) is 0.143. The predicted molar refractivity (Wildman–Crippen MR) is 69.7 cm³/mol. The zero-order valence-corrected chi connectivity index (χ0v) is 10.2. The Morgan fingerprint density at radius 2 is 2.16 bits per heavy atom. The number of carbonyl (C=O) groups excluding carboxylic acids is 2. The average Bonchev–Trinajstić information content (AvgIpc) is 2.86. The second-order valence-electron chi connectivity index (χ2n) is 3.82. The van der Waals surface area contributed by atoms with Crippen LogP contribution in [-0.4, -0.2) is 25.0 Å². The molecule has 0 fully saturated rings. The van der Waals surface area contributed by atoms with Crippen molar-refractivity contribution in [1.82, 2.24) is 5.32 Å². The SMILES string of the molecule is C=CCNC(=O)COC(=O)c1cc2ccccc2o1. The number of hydrogen-bond donors (Lipinski definition) is 1. The summed E-state index contributed by atoms with van der Waals surface area (Å²) in [5, 5.41) is 3.31. The minimum atomic E-state index is -0.662. The Balaban J connectivity index is 1.96. The lowest BCUT2D eigenvalue weighted by Crippen LogP contribution is -2.28. The molecule has 0 bridgehead atoms. The van der Waals surface area contributed by atoms with Crippen LogP contribution in [0.15, 0.2) is 47.4 Å². The van der Waals surface area contributed by atoms with Gasteiger partial charge >= 0.3 is 5.97 Å². The summed E-state index contributed by atoms with van der Waals surface area (Å²) in [7, 11) is 0. The Kier molecular flexibility index (Phi) is 3.97. The van der Waals surface area contributed by atoms with Crippen LogP contribution in [0.4, 0.5) is 0 Å². The number of rotatable bonds is 5. The van der Waals surface area contributed by atoms with Crippen LogP contribution in [0.2, 0.25) is 0 Å². The van der Waals surface area contributed by atoms with Gasteiger partial charge in [-0.05, 0) is 12.1 Å². The number of amides is 1. The largest absolute Gasteiger partial charge is 0.450 e. The minimum Gasteiger partial charge on any atom is -0.450 e. The van der Waals surface area contributed by atoms with Crippen LogP contribution in [0.3, 0.4) is 0 Å². The first-order valence-corrected chi connectivity index (χ1v) is 5.74. The Labute approximate surface area is 109 Å². The number of furan rings is 1. The zero-order chi connectivity index (χ0) is 13.7. The maximum absolute atomic E-state index is 11.7. The van der Waals surface area contributed by atoms with E-state index in [1.165, 1.54) is 0 Å². The summed E-state index contributed by atoms with van der Waals surface area (Å²) in [6.07, 6.45) is 1.54. The zero-order valence-electron chi connectivity index (χ0n) is 10.2. The van der Waals surface area contributed by atoms with E-state index in [9.17, 15) is 9.59 Å². The first-order valence-electron chi connectivity index (χ1n) is 5.74. The number of ether oxygens (including phenoxy) is 1. The Bertz CT molecular complexity index is 582. The maximum atomic E-state index is 11.7. The van der Waals surface area contributed by atoms with Crippen LogP contribution in [-0.2, 0) is 9.53 Å². The molecule has 0 aliphatic carbocycles. The standard InChI is InChI=1S/C14H13NO4/c1-2-7-15-13(16)9-18-14(17)12-8-10-5-3-4-6-11(10)19-12/h2-6,8H,1,7,9H2,(H,15,16). The molecule has 2 aromatic rings. The van der Waals surface area contributed by atoms with E-state index in [-0.39, 0.29) is 18.3 Å². The number of para-hydroxylation sites is 1. The van der Waals surface area contributed by atoms with Gasteiger partial charge in [-0.2, -0.15) is 0 Å². The highest BCUT2D eigenvalue weighted by molar-refractivity contribution is 5.93. The van der Waals surface area contributed by atoms with Gasteiger partial charge in [0.15, 0.2) is 6.61 Å². The van der Waals surface area contributed by atoms with Gasteiger partial charge < -0.3 is 14.5 Å². The first kappa shape index (κ1) is 12.9. The Morgan fingerprint density at radius 3 is 2.89 bits per heavy atom. The molecule has 0 aliphatic rings. The lowest BCUT2D eigenvalue weighted by Gasteiger charge is -2.02. The van der Waals surface area contributed by atoms with Crippen LogP contribution in [0.5, 0.6) is 0 Å². The van der Waals surface area contributed by atoms with Crippen LogP contribution in [0.1, 0.15) is 10.6 Å². The van der Waals surface area contributed by atoms with E-state index in [2.05, 4.69) is 11.9 Å². The molecule has 0 unspecified atom stereocenters. The number of nitrogens with one attached hydrogen (secondary N) is 1. The molecule has 5 nitrogen and oxygen atoms in total. The lowest BCUT2D eigenvalue weighted by atomic mass is 10.2. The maximum Gasteiger partial charge on any atom is 0.374 e. The smallest absolute Gasteiger partial charge is 0.374 e. The molecule has 1 aromatic carbocycles. The lowest BCUT2D eigenvalue weighted by molar-refractivity contribution is -0.124. The van der Waals surface area contributed by atoms with Crippen molar-refractivity contribution in [2.24, 2.45) is 0 Å². The van der Waals surface area contributed by atoms with Gasteiger partial charge in [0.2, 0.25) is 5.76 Å². The van der Waals surface area contributed by atoms with E-state index < -0.39 is 5.97 Å². The molecule has 0 aliphatic heterocycles. The molecule has 0 spiro atoms. The highest BCUT2D eigenvalue weighted by Gasteiger charge is 2.14. The Hall–Kier alpha value is -2.56. The quantitative estimate of drug-likeness (QED) is 0.657. The molecule has 0 saturated heterocycles. The van der Waals surface area contributed by atoms with E-state index >= 15 is 0 Å². The van der Waals surface area contributed by atoms with E-state index in [0.29, 0.717) is 12.1 Å². The highest BCUT2D eigenvalue weighted by atomic mass is 16.5. The number of fused-ring (bicyclic) bond motifs is 1. The molecule has 2 rings (SSSR count). The second-order valence-corrected chi connectivity index (χ2v) is 3.82. The van der Waals surface area contributed by atoms with E-state index in [4.69, 9.17) is 9.15 Å². The molecule has 1 N–H and O–H groups in total. The van der Waals surface area contributed by atoms with Gasteiger partial charge in [0.05, 0.1) is 0 Å². The molecular formula is C14H13NO4. The van der Waals surface area contributed by atoms with Crippen molar-refractivity contribution in [2.75, 3.05) is 13.2 Å². The summed E-state index contributed by atoms with van der Waals surface area (Å²) in [6.45, 7) is 3.45. The summed E-state index contributed by atoms with van der Waals surface area (Å²) in [5.41, 5.74) is 0.602. The number of benzene rings is 1. The molecule has 0 atom stereocenters. The summed E-state index contributed by atoms with van der Waals surface area (Å²) in [6, 6.07) is 8.81. The van der Waals surface area contributed by atoms with Gasteiger partial charge in [-0.25, -0.2) is 4.79 Å². The third kappa shape index (κ3) is 3.22. The summed E-state index contributed by atoms with van der Waals surface area (Å²) >= 11 is 0. The molecular weight excluding hydrogens is 246 g/mol. The van der Waals surface area contributed by atoms with E-state index in [1.807, 2.05) is 18.2 Å². The number of carbonyl (C=O) groups is 2. The number of hydrogen-bond acceptors (Lipinski definition) is 4. The van der Waals surface area contributed by atoms with Gasteiger partial charge in [-0.1, -0.05) is 24.3 Å². The topological polar surface area (TPSA) is 68.5 Å². The fourth-order valence-corrected chi connectivity index (χ4v) is 1.52. The minimum absolute atomic E-state index is 0.0812. The first-order chi connectivity index (χ1) is 9.20. The van der Waals surface area contributed by atoms with Crippen LogP contribution in [0, 0.1) is 0 Å². The Morgan fingerprint density at radius 1 is 1.37 bits per heavy atom. The van der Waals surface area contributed by atoms with Crippen molar-refractivity contribution in [3.8, 4) is 0 Å². The fourth-order valence-electron chi connectivity index (χ4n) is 1.52. The summed E-state index contributed by atoms with van der Waals surface area (Å²) in [4.78, 5) is 22.9. The molecule has 5 heteroatoms. The van der Waals surface area contributed by atoms with Crippen molar-refractivity contribution in [2.45, 2.75) is 0 Å². The normalized spacial score (nSPS) is 10.1. The molecule has 1 heterocycles. The molecule has 0 saturated carbocycles. The van der Waals surface area contributed by atoms with E-state index in [1.54, 1.807) is 18.2 Å². The van der Waals surface area contributed by atoms with Gasteiger partial charge in [-0.3, -0.25) is 4.79 Å². The monoisotopic (exact) mass is 259 g/mol. The van der Waals surface area contributed by atoms with Crippen LogP contribution >= 0.6 is 0 Å². The molecule has 1 amide bonds.